The van der Waals surface area contributed by atoms with Gasteiger partial charge in [-0.3, -0.25) is 0 Å². The SMILES string of the molecule is COc1ccc(-c2cc3c(cc2OC)CCc2ccc(OC)c(OC(C)C)c2-3)c(CCCO[Si](C)(C)C(C)(C)C)c1. The van der Waals surface area contributed by atoms with Gasteiger partial charge in [0.05, 0.1) is 27.4 Å². The number of hydrogen-bond donors (Lipinski definition) is 0. The number of methoxy groups -OCH3 is 3. The molecule has 1 aliphatic carbocycles. The van der Waals surface area contributed by atoms with Crippen LogP contribution in [-0.4, -0.2) is 42.4 Å². The molecule has 3 aromatic carbocycles. The van der Waals surface area contributed by atoms with Crippen LogP contribution in [0.2, 0.25) is 18.1 Å². The van der Waals surface area contributed by atoms with E-state index in [1.807, 2.05) is 12.1 Å². The van der Waals surface area contributed by atoms with Gasteiger partial charge < -0.3 is 23.4 Å². The van der Waals surface area contributed by atoms with Crippen LogP contribution in [-0.2, 0) is 23.7 Å². The standard InChI is InChI=1S/C35H48O5Si/c1-23(2)40-34-31(37-7)18-15-24-13-14-26-21-32(38-8)30(22-29(26)33(24)34)28-17-16-27(36-6)20-25(28)12-11-19-39-41(9,10)35(3,4)5/h15-18,20-23H,11-14,19H2,1-10H3. The summed E-state index contributed by atoms with van der Waals surface area (Å²) in [6.45, 7) is 16.3. The second-order valence-corrected chi connectivity index (χ2v) is 17.6. The smallest absolute Gasteiger partial charge is 0.191 e. The van der Waals surface area contributed by atoms with E-state index in [2.05, 4.69) is 78.0 Å². The molecule has 0 saturated heterocycles. The molecule has 4 rings (SSSR count). The number of hydrogen-bond acceptors (Lipinski definition) is 5. The summed E-state index contributed by atoms with van der Waals surface area (Å²) in [6, 6.07) is 15.1. The van der Waals surface area contributed by atoms with Gasteiger partial charge in [-0.1, -0.05) is 32.9 Å². The Morgan fingerprint density at radius 3 is 2.12 bits per heavy atom. The highest BCUT2D eigenvalue weighted by Crippen LogP contribution is 2.49. The second-order valence-electron chi connectivity index (χ2n) is 12.7. The molecule has 0 saturated carbocycles. The van der Waals surface area contributed by atoms with E-state index >= 15 is 0 Å². The van der Waals surface area contributed by atoms with Crippen LogP contribution in [0.25, 0.3) is 22.3 Å². The summed E-state index contributed by atoms with van der Waals surface area (Å²) >= 11 is 0. The topological polar surface area (TPSA) is 46.2 Å². The molecule has 0 spiro atoms. The van der Waals surface area contributed by atoms with Gasteiger partial charge in [0.15, 0.2) is 19.8 Å². The molecule has 0 aliphatic heterocycles. The van der Waals surface area contributed by atoms with E-state index < -0.39 is 8.32 Å². The minimum Gasteiger partial charge on any atom is -0.497 e. The molecule has 5 nitrogen and oxygen atoms in total. The van der Waals surface area contributed by atoms with Crippen molar-refractivity contribution in [2.24, 2.45) is 0 Å². The molecule has 0 radical (unpaired) electrons. The first-order valence-corrected chi connectivity index (χ1v) is 17.7. The lowest BCUT2D eigenvalue weighted by Gasteiger charge is -2.36. The highest BCUT2D eigenvalue weighted by Gasteiger charge is 2.36. The van der Waals surface area contributed by atoms with Gasteiger partial charge in [0.1, 0.15) is 11.5 Å². The Kier molecular flexibility index (Phi) is 9.44. The average molecular weight is 577 g/mol. The Balaban J connectivity index is 1.78. The molecule has 0 amide bonds. The van der Waals surface area contributed by atoms with Crippen LogP contribution in [0.4, 0.5) is 0 Å². The van der Waals surface area contributed by atoms with Crippen molar-refractivity contribution < 1.29 is 23.4 Å². The second kappa shape index (κ2) is 12.5. The molecule has 0 N–H and O–H groups in total. The van der Waals surface area contributed by atoms with Crippen molar-refractivity contribution in [1.29, 1.82) is 0 Å². The van der Waals surface area contributed by atoms with Crippen molar-refractivity contribution >= 4 is 8.32 Å². The van der Waals surface area contributed by atoms with Gasteiger partial charge in [-0.05, 0) is 116 Å². The predicted molar refractivity (Wildman–Crippen MR) is 172 cm³/mol. The number of benzene rings is 3. The van der Waals surface area contributed by atoms with Crippen molar-refractivity contribution in [3.63, 3.8) is 0 Å². The zero-order valence-corrected chi connectivity index (χ0v) is 27.7. The Morgan fingerprint density at radius 2 is 1.49 bits per heavy atom. The maximum absolute atomic E-state index is 6.50. The highest BCUT2D eigenvalue weighted by molar-refractivity contribution is 6.74. The van der Waals surface area contributed by atoms with Crippen LogP contribution in [0.5, 0.6) is 23.0 Å². The average Bonchev–Trinajstić information content (AvgIpc) is 2.93. The molecule has 0 bridgehead atoms. The maximum Gasteiger partial charge on any atom is 0.191 e. The third-order valence-corrected chi connectivity index (χ3v) is 13.1. The number of rotatable bonds is 11. The maximum atomic E-state index is 6.50. The summed E-state index contributed by atoms with van der Waals surface area (Å²) in [5.74, 6) is 3.31. The molecule has 222 valence electrons. The fraction of sp³-hybridized carbons (Fsp3) is 0.486. The first kappa shape index (κ1) is 31.0. The first-order chi connectivity index (χ1) is 19.4. The molecule has 3 aromatic rings. The third-order valence-electron chi connectivity index (χ3n) is 8.60. The summed E-state index contributed by atoms with van der Waals surface area (Å²) in [6.07, 6.45) is 3.75. The third kappa shape index (κ3) is 6.59. The molecule has 6 heteroatoms. The number of ether oxygens (including phenoxy) is 4. The molecule has 0 fully saturated rings. The largest absolute Gasteiger partial charge is 0.497 e. The fourth-order valence-electron chi connectivity index (χ4n) is 5.30. The molecule has 0 atom stereocenters. The van der Waals surface area contributed by atoms with Crippen LogP contribution < -0.4 is 18.9 Å². The van der Waals surface area contributed by atoms with Gasteiger partial charge in [-0.25, -0.2) is 0 Å². The molecule has 41 heavy (non-hydrogen) atoms. The summed E-state index contributed by atoms with van der Waals surface area (Å²) in [7, 11) is 3.39. The van der Waals surface area contributed by atoms with Crippen molar-refractivity contribution in [3.05, 3.63) is 59.2 Å². The number of fused-ring (bicyclic) bond motifs is 3. The summed E-state index contributed by atoms with van der Waals surface area (Å²) in [5.41, 5.74) is 8.29. The monoisotopic (exact) mass is 576 g/mol. The van der Waals surface area contributed by atoms with E-state index in [1.54, 1.807) is 21.3 Å². The Bertz CT molecular complexity index is 1370. The van der Waals surface area contributed by atoms with E-state index in [4.69, 9.17) is 23.4 Å². The van der Waals surface area contributed by atoms with Crippen molar-refractivity contribution in [2.75, 3.05) is 27.9 Å². The van der Waals surface area contributed by atoms with Crippen molar-refractivity contribution in [1.82, 2.24) is 0 Å². The van der Waals surface area contributed by atoms with Gasteiger partial charge in [-0.2, -0.15) is 0 Å². The summed E-state index contributed by atoms with van der Waals surface area (Å²) in [5, 5.41) is 0.196. The van der Waals surface area contributed by atoms with Gasteiger partial charge in [-0.15, -0.1) is 0 Å². The first-order valence-electron chi connectivity index (χ1n) is 14.8. The quantitative estimate of drug-likeness (QED) is 0.168. The van der Waals surface area contributed by atoms with E-state index in [1.165, 1.54) is 22.3 Å². The molecular weight excluding hydrogens is 528 g/mol. The van der Waals surface area contributed by atoms with E-state index in [-0.39, 0.29) is 11.1 Å². The van der Waals surface area contributed by atoms with Crippen LogP contribution >= 0.6 is 0 Å². The molecule has 0 heterocycles. The highest BCUT2D eigenvalue weighted by atomic mass is 28.4. The Labute approximate surface area is 248 Å². The Morgan fingerprint density at radius 1 is 0.780 bits per heavy atom. The molecular formula is C35H48O5Si. The predicted octanol–water partition coefficient (Wildman–Crippen LogP) is 8.89. The zero-order valence-electron chi connectivity index (χ0n) is 26.7. The minimum absolute atomic E-state index is 0.0280. The fourth-order valence-corrected chi connectivity index (χ4v) is 6.39. The van der Waals surface area contributed by atoms with Crippen LogP contribution in [0.1, 0.15) is 57.7 Å². The van der Waals surface area contributed by atoms with E-state index in [9.17, 15) is 0 Å². The lowest BCUT2D eigenvalue weighted by molar-refractivity contribution is 0.231. The van der Waals surface area contributed by atoms with Gasteiger partial charge >= 0.3 is 0 Å². The molecule has 0 unspecified atom stereocenters. The van der Waals surface area contributed by atoms with E-state index in [0.29, 0.717) is 0 Å². The minimum atomic E-state index is -1.80. The summed E-state index contributed by atoms with van der Waals surface area (Å²) < 4.78 is 30.3. The molecule has 1 aliphatic rings. The van der Waals surface area contributed by atoms with E-state index in [0.717, 1.165) is 72.0 Å². The van der Waals surface area contributed by atoms with Gasteiger partial charge in [0.2, 0.25) is 0 Å². The molecule has 0 aromatic heterocycles. The summed E-state index contributed by atoms with van der Waals surface area (Å²) in [4.78, 5) is 0. The van der Waals surface area contributed by atoms with Crippen molar-refractivity contribution in [2.45, 2.75) is 84.5 Å². The lowest BCUT2D eigenvalue weighted by Crippen LogP contribution is -2.41. The zero-order chi connectivity index (χ0) is 29.9. The van der Waals surface area contributed by atoms with Crippen molar-refractivity contribution in [3.8, 4) is 45.3 Å². The van der Waals surface area contributed by atoms with Crippen LogP contribution in [0.15, 0.2) is 42.5 Å². The normalized spacial score (nSPS) is 13.0. The number of aryl methyl sites for hydroxylation is 3. The van der Waals surface area contributed by atoms with Gasteiger partial charge in [0.25, 0.3) is 0 Å². The van der Waals surface area contributed by atoms with Crippen LogP contribution in [0.3, 0.4) is 0 Å². The Hall–Kier alpha value is -2.96. The van der Waals surface area contributed by atoms with Gasteiger partial charge in [0, 0.05) is 17.7 Å². The van der Waals surface area contributed by atoms with Crippen LogP contribution in [0, 0.1) is 0 Å². The lowest BCUT2D eigenvalue weighted by atomic mass is 9.82.